The maximum atomic E-state index is 6.84. The summed E-state index contributed by atoms with van der Waals surface area (Å²) in [5.41, 5.74) is 9.47. The Morgan fingerprint density at radius 3 is 2.15 bits per heavy atom. The zero-order valence-electron chi connectivity index (χ0n) is 21.1. The molecule has 0 aliphatic heterocycles. The normalized spacial score (nSPS) is 14.6. The molecule has 3 aromatic carbocycles. The Kier molecular flexibility index (Phi) is 4.68. The second-order valence-electron chi connectivity index (χ2n) is 11.4. The highest BCUT2D eigenvalue weighted by Gasteiger charge is 2.37. The maximum Gasteiger partial charge on any atom is 0.139 e. The van der Waals surface area contributed by atoms with Crippen molar-refractivity contribution in [2.24, 2.45) is 11.8 Å². The van der Waals surface area contributed by atoms with Crippen LogP contribution in [-0.4, -0.2) is 4.98 Å². The van der Waals surface area contributed by atoms with Gasteiger partial charge in [0.15, 0.2) is 0 Å². The van der Waals surface area contributed by atoms with Crippen molar-refractivity contribution < 1.29 is 4.42 Å². The standard InChI is InChI=1S/C32H33NO/c1-18(2)15-20-11-13-24-26-27-25(14-12-21(16-19(3)4)31(27)34-30(20)26)32(5,6)28-23-10-8-7-9-22(23)17-33-29(24)28/h7-14,17-19H,15-16H2,1-6H3. The molecule has 172 valence electrons. The summed E-state index contributed by atoms with van der Waals surface area (Å²) < 4.78 is 6.84. The molecule has 0 saturated heterocycles. The summed E-state index contributed by atoms with van der Waals surface area (Å²) in [6.07, 6.45) is 4.06. The second kappa shape index (κ2) is 7.43. The number of furan rings is 1. The van der Waals surface area contributed by atoms with Crippen LogP contribution in [0.25, 0.3) is 44.0 Å². The summed E-state index contributed by atoms with van der Waals surface area (Å²) in [6.45, 7) is 13.8. The van der Waals surface area contributed by atoms with Crippen LogP contribution in [-0.2, 0) is 18.3 Å². The molecule has 0 unspecified atom stereocenters. The summed E-state index contributed by atoms with van der Waals surface area (Å²) in [4.78, 5) is 5.10. The predicted molar refractivity (Wildman–Crippen MR) is 144 cm³/mol. The molecule has 2 aromatic heterocycles. The van der Waals surface area contributed by atoms with Gasteiger partial charge in [0, 0.05) is 33.3 Å². The number of aromatic nitrogens is 1. The first-order chi connectivity index (χ1) is 16.3. The van der Waals surface area contributed by atoms with E-state index in [1.54, 1.807) is 0 Å². The first-order valence-electron chi connectivity index (χ1n) is 12.7. The molecular weight excluding hydrogens is 414 g/mol. The van der Waals surface area contributed by atoms with Gasteiger partial charge in [0.1, 0.15) is 11.2 Å². The van der Waals surface area contributed by atoms with Crippen molar-refractivity contribution in [3.05, 3.63) is 77.0 Å². The largest absolute Gasteiger partial charge is 0.455 e. The minimum atomic E-state index is -0.216. The molecule has 5 aromatic rings. The third kappa shape index (κ3) is 2.97. The van der Waals surface area contributed by atoms with Crippen molar-refractivity contribution in [2.45, 2.75) is 59.8 Å². The molecule has 0 radical (unpaired) electrons. The first kappa shape index (κ1) is 21.4. The Balaban J connectivity index is 1.83. The minimum Gasteiger partial charge on any atom is -0.455 e. The Labute approximate surface area is 202 Å². The number of fused-ring (bicyclic) bond motifs is 4. The molecule has 2 heteroatoms. The summed E-state index contributed by atoms with van der Waals surface area (Å²) in [5.74, 6) is 1.13. The first-order valence-corrected chi connectivity index (χ1v) is 12.7. The molecule has 0 fully saturated rings. The van der Waals surface area contributed by atoms with Crippen molar-refractivity contribution in [1.82, 2.24) is 4.98 Å². The van der Waals surface area contributed by atoms with Gasteiger partial charge in [-0.15, -0.1) is 0 Å². The number of hydrogen-bond donors (Lipinski definition) is 0. The van der Waals surface area contributed by atoms with Crippen LogP contribution in [0.3, 0.4) is 0 Å². The van der Waals surface area contributed by atoms with Crippen molar-refractivity contribution in [3.8, 4) is 11.3 Å². The minimum absolute atomic E-state index is 0.216. The van der Waals surface area contributed by atoms with E-state index in [1.807, 2.05) is 6.20 Å². The van der Waals surface area contributed by atoms with Crippen LogP contribution in [0, 0.1) is 11.8 Å². The van der Waals surface area contributed by atoms with E-state index in [0.717, 1.165) is 29.7 Å². The van der Waals surface area contributed by atoms with Crippen LogP contribution < -0.4 is 0 Å². The monoisotopic (exact) mass is 447 g/mol. The molecule has 2 heterocycles. The van der Waals surface area contributed by atoms with Gasteiger partial charge >= 0.3 is 0 Å². The fraction of sp³-hybridized carbons (Fsp3) is 0.344. The molecular formula is C32H33NO. The number of rotatable bonds is 4. The number of nitrogens with zero attached hydrogens (tertiary/aromatic N) is 1. The van der Waals surface area contributed by atoms with Gasteiger partial charge in [-0.25, -0.2) is 0 Å². The Morgan fingerprint density at radius 1 is 0.794 bits per heavy atom. The average molecular weight is 448 g/mol. The van der Waals surface area contributed by atoms with Gasteiger partial charge in [0.25, 0.3) is 0 Å². The Morgan fingerprint density at radius 2 is 1.44 bits per heavy atom. The zero-order valence-corrected chi connectivity index (χ0v) is 21.1. The zero-order chi connectivity index (χ0) is 23.8. The predicted octanol–water partition coefficient (Wildman–Crippen LogP) is 8.84. The van der Waals surface area contributed by atoms with Crippen molar-refractivity contribution in [2.75, 3.05) is 0 Å². The van der Waals surface area contributed by atoms with E-state index < -0.39 is 0 Å². The van der Waals surface area contributed by atoms with E-state index in [1.165, 1.54) is 49.4 Å². The van der Waals surface area contributed by atoms with Crippen LogP contribution in [0.4, 0.5) is 0 Å². The van der Waals surface area contributed by atoms with Crippen LogP contribution in [0.15, 0.2) is 59.1 Å². The molecule has 1 aliphatic carbocycles. The lowest BCUT2D eigenvalue weighted by Crippen LogP contribution is -2.21. The summed E-state index contributed by atoms with van der Waals surface area (Å²) in [7, 11) is 0. The molecule has 6 rings (SSSR count). The van der Waals surface area contributed by atoms with Gasteiger partial charge in [-0.2, -0.15) is 0 Å². The van der Waals surface area contributed by atoms with Gasteiger partial charge in [0.05, 0.1) is 5.69 Å². The fourth-order valence-electron chi connectivity index (χ4n) is 6.14. The molecule has 0 N–H and O–H groups in total. The highest BCUT2D eigenvalue weighted by Crippen LogP contribution is 2.52. The lowest BCUT2D eigenvalue weighted by Gasteiger charge is -2.29. The fourth-order valence-corrected chi connectivity index (χ4v) is 6.14. The summed E-state index contributed by atoms with van der Waals surface area (Å²) in [6, 6.07) is 17.9. The SMILES string of the molecule is CC(C)Cc1ccc2c3c1oc1c(CC(C)C)ccc(c13)C(C)(C)c1c-2ncc2ccccc12. The van der Waals surface area contributed by atoms with Crippen molar-refractivity contribution >= 4 is 32.7 Å². The molecule has 0 saturated carbocycles. The molecule has 0 amide bonds. The molecule has 34 heavy (non-hydrogen) atoms. The third-order valence-electron chi connectivity index (χ3n) is 7.54. The average Bonchev–Trinajstić information content (AvgIpc) is 3.16. The van der Waals surface area contributed by atoms with Crippen molar-refractivity contribution in [1.29, 1.82) is 0 Å². The van der Waals surface area contributed by atoms with Gasteiger partial charge < -0.3 is 4.42 Å². The topological polar surface area (TPSA) is 26.0 Å². The molecule has 0 atom stereocenters. The molecule has 0 bridgehead atoms. The van der Waals surface area contributed by atoms with Gasteiger partial charge in [0.2, 0.25) is 0 Å². The molecule has 1 aliphatic rings. The highest BCUT2D eigenvalue weighted by molar-refractivity contribution is 6.17. The van der Waals surface area contributed by atoms with E-state index >= 15 is 0 Å². The number of benzene rings is 3. The molecule has 2 nitrogen and oxygen atoms in total. The van der Waals surface area contributed by atoms with E-state index in [9.17, 15) is 0 Å². The van der Waals surface area contributed by atoms with E-state index in [-0.39, 0.29) is 5.41 Å². The lowest BCUT2D eigenvalue weighted by atomic mass is 9.74. The Bertz CT molecular complexity index is 1580. The highest BCUT2D eigenvalue weighted by atomic mass is 16.3. The second-order valence-corrected chi connectivity index (χ2v) is 11.4. The summed E-state index contributed by atoms with van der Waals surface area (Å²) >= 11 is 0. The van der Waals surface area contributed by atoms with Crippen LogP contribution >= 0.6 is 0 Å². The maximum absolute atomic E-state index is 6.84. The van der Waals surface area contributed by atoms with Crippen LogP contribution in [0.1, 0.15) is 63.8 Å². The van der Waals surface area contributed by atoms with Crippen LogP contribution in [0.2, 0.25) is 0 Å². The van der Waals surface area contributed by atoms with E-state index in [2.05, 4.69) is 90.1 Å². The molecule has 0 spiro atoms. The third-order valence-corrected chi connectivity index (χ3v) is 7.54. The van der Waals surface area contributed by atoms with E-state index in [4.69, 9.17) is 9.40 Å². The Hall–Kier alpha value is -3.13. The lowest BCUT2D eigenvalue weighted by molar-refractivity contribution is 0.607. The van der Waals surface area contributed by atoms with Gasteiger partial charge in [-0.05, 0) is 52.3 Å². The van der Waals surface area contributed by atoms with Gasteiger partial charge in [-0.1, -0.05) is 90.1 Å². The number of hydrogen-bond acceptors (Lipinski definition) is 2. The summed E-state index contributed by atoms with van der Waals surface area (Å²) in [5, 5.41) is 5.03. The smallest absolute Gasteiger partial charge is 0.139 e. The van der Waals surface area contributed by atoms with Gasteiger partial charge in [-0.3, -0.25) is 4.98 Å². The van der Waals surface area contributed by atoms with Crippen LogP contribution in [0.5, 0.6) is 0 Å². The number of pyridine rings is 1. The van der Waals surface area contributed by atoms with Crippen molar-refractivity contribution in [3.63, 3.8) is 0 Å². The van der Waals surface area contributed by atoms with E-state index in [0.29, 0.717) is 11.8 Å². The quantitative estimate of drug-likeness (QED) is 0.275.